The maximum Gasteiger partial charge on any atom is 0.251 e. The maximum atomic E-state index is 12.8. The molecule has 1 aromatic carbocycles. The summed E-state index contributed by atoms with van der Waals surface area (Å²) in [4.78, 5) is 19.5. The average Bonchev–Trinajstić information content (AvgIpc) is 2.61. The fourth-order valence-electron chi connectivity index (χ4n) is 3.47. The lowest BCUT2D eigenvalue weighted by Crippen LogP contribution is -2.37. The number of pyridine rings is 1. The molecule has 1 N–H and O–H groups in total. The van der Waals surface area contributed by atoms with Crippen LogP contribution in [0.25, 0.3) is 0 Å². The van der Waals surface area contributed by atoms with Gasteiger partial charge >= 0.3 is 0 Å². The number of carbonyl (C=O) groups excluding carboxylic acids is 1. The highest BCUT2D eigenvalue weighted by molar-refractivity contribution is 6.04. The highest BCUT2D eigenvalue weighted by Gasteiger charge is 2.25. The van der Waals surface area contributed by atoms with Crippen molar-refractivity contribution in [2.45, 2.75) is 40.0 Å². The molecule has 4 heteroatoms. The van der Waals surface area contributed by atoms with E-state index in [0.717, 1.165) is 29.2 Å². The number of nitrogens with zero attached hydrogens (tertiary/aromatic N) is 2. The van der Waals surface area contributed by atoms with Crippen LogP contribution in [-0.2, 0) is 10.2 Å². The van der Waals surface area contributed by atoms with E-state index in [9.17, 15) is 4.79 Å². The number of hydrogen-bond acceptors (Lipinski definition) is 3. The van der Waals surface area contributed by atoms with Gasteiger partial charge in [-0.2, -0.15) is 0 Å². The summed E-state index contributed by atoms with van der Waals surface area (Å²) in [6, 6.07) is 12.2. The third kappa shape index (κ3) is 4.38. The first kappa shape index (κ1) is 19.2. The smallest absolute Gasteiger partial charge is 0.251 e. The van der Waals surface area contributed by atoms with Crippen LogP contribution in [-0.4, -0.2) is 24.0 Å². The van der Waals surface area contributed by atoms with Crippen LogP contribution in [0.15, 0.2) is 54.2 Å². The van der Waals surface area contributed by atoms with Crippen LogP contribution in [0.1, 0.15) is 38.8 Å². The van der Waals surface area contributed by atoms with Gasteiger partial charge in [-0.05, 0) is 41.7 Å². The number of nitrogens with one attached hydrogen (secondary N) is 1. The summed E-state index contributed by atoms with van der Waals surface area (Å²) < 4.78 is 0. The zero-order valence-electron chi connectivity index (χ0n) is 16.9. The monoisotopic (exact) mass is 363 g/mol. The zero-order chi connectivity index (χ0) is 19.6. The molecule has 1 aliphatic heterocycles. The molecule has 1 unspecified atom stereocenters. The van der Waals surface area contributed by atoms with Crippen molar-refractivity contribution in [3.05, 3.63) is 65.4 Å². The van der Waals surface area contributed by atoms with E-state index in [4.69, 9.17) is 0 Å². The van der Waals surface area contributed by atoms with Crippen LogP contribution in [0, 0.1) is 12.8 Å². The van der Waals surface area contributed by atoms with Crippen molar-refractivity contribution in [1.29, 1.82) is 0 Å². The summed E-state index contributed by atoms with van der Waals surface area (Å²) in [7, 11) is 0. The molecule has 0 fully saturated rings. The third-order valence-electron chi connectivity index (χ3n) is 5.11. The molecular weight excluding hydrogens is 334 g/mol. The molecular formula is C23H29N3O. The fourth-order valence-corrected chi connectivity index (χ4v) is 3.47. The minimum absolute atomic E-state index is 0.0107. The van der Waals surface area contributed by atoms with Crippen LogP contribution in [0.5, 0.6) is 0 Å². The Kier molecular flexibility index (Phi) is 5.36. The molecule has 0 saturated heterocycles. The lowest BCUT2D eigenvalue weighted by molar-refractivity contribution is -0.113. The van der Waals surface area contributed by atoms with E-state index in [1.165, 1.54) is 5.56 Å². The van der Waals surface area contributed by atoms with Gasteiger partial charge in [0, 0.05) is 36.5 Å². The van der Waals surface area contributed by atoms with Crippen LogP contribution in [0.2, 0.25) is 0 Å². The van der Waals surface area contributed by atoms with E-state index in [1.54, 1.807) is 0 Å². The number of amides is 1. The molecule has 1 amide bonds. The summed E-state index contributed by atoms with van der Waals surface area (Å²) in [6.07, 6.45) is 3.85. The van der Waals surface area contributed by atoms with Gasteiger partial charge in [0.05, 0.1) is 0 Å². The first-order chi connectivity index (χ1) is 12.8. The fraction of sp³-hybridized carbons (Fsp3) is 0.391. The van der Waals surface area contributed by atoms with Crippen molar-refractivity contribution in [2.24, 2.45) is 5.92 Å². The Bertz CT molecular complexity index is 847. The predicted octanol–water partition coefficient (Wildman–Crippen LogP) is 4.71. The van der Waals surface area contributed by atoms with Gasteiger partial charge in [0.15, 0.2) is 0 Å². The van der Waals surface area contributed by atoms with Gasteiger partial charge in [0.25, 0.3) is 5.91 Å². The molecule has 2 heterocycles. The Labute approximate surface area is 162 Å². The molecule has 0 bridgehead atoms. The Morgan fingerprint density at radius 2 is 1.89 bits per heavy atom. The Balaban J connectivity index is 1.69. The Morgan fingerprint density at radius 1 is 1.19 bits per heavy atom. The molecule has 27 heavy (non-hydrogen) atoms. The van der Waals surface area contributed by atoms with Crippen molar-refractivity contribution in [1.82, 2.24) is 4.98 Å². The summed E-state index contributed by atoms with van der Waals surface area (Å²) in [6.45, 7) is 12.2. The highest BCUT2D eigenvalue weighted by Crippen LogP contribution is 2.26. The topological polar surface area (TPSA) is 45.2 Å². The van der Waals surface area contributed by atoms with Gasteiger partial charge in [-0.1, -0.05) is 52.0 Å². The lowest BCUT2D eigenvalue weighted by atomic mass is 9.87. The van der Waals surface area contributed by atoms with E-state index < -0.39 is 0 Å². The number of benzene rings is 1. The Hall–Kier alpha value is -2.62. The molecule has 4 nitrogen and oxygen atoms in total. The first-order valence-electron chi connectivity index (χ1n) is 9.54. The van der Waals surface area contributed by atoms with Crippen molar-refractivity contribution < 1.29 is 4.79 Å². The quantitative estimate of drug-likeness (QED) is 0.859. The van der Waals surface area contributed by atoms with Crippen LogP contribution < -0.4 is 10.2 Å². The number of aryl methyl sites for hydroxylation is 1. The number of rotatable bonds is 3. The minimum Gasteiger partial charge on any atom is -0.352 e. The molecule has 1 aromatic heterocycles. The molecule has 142 valence electrons. The average molecular weight is 364 g/mol. The van der Waals surface area contributed by atoms with E-state index in [2.05, 4.69) is 68.0 Å². The van der Waals surface area contributed by atoms with E-state index in [1.807, 2.05) is 30.5 Å². The predicted molar refractivity (Wildman–Crippen MR) is 112 cm³/mol. The molecule has 0 radical (unpaired) electrons. The van der Waals surface area contributed by atoms with Gasteiger partial charge in [-0.3, -0.25) is 4.79 Å². The van der Waals surface area contributed by atoms with Crippen LogP contribution >= 0.6 is 0 Å². The second-order valence-corrected chi connectivity index (χ2v) is 8.39. The lowest BCUT2D eigenvalue weighted by Gasteiger charge is -2.32. The summed E-state index contributed by atoms with van der Waals surface area (Å²) >= 11 is 0. The summed E-state index contributed by atoms with van der Waals surface area (Å²) in [5.41, 5.74) is 4.21. The molecule has 3 rings (SSSR count). The molecule has 1 atom stereocenters. The van der Waals surface area contributed by atoms with E-state index in [0.29, 0.717) is 6.54 Å². The van der Waals surface area contributed by atoms with Gasteiger partial charge in [-0.25, -0.2) is 4.98 Å². The molecule has 0 saturated carbocycles. The van der Waals surface area contributed by atoms with Gasteiger partial charge in [-0.15, -0.1) is 0 Å². The Morgan fingerprint density at radius 3 is 2.48 bits per heavy atom. The van der Waals surface area contributed by atoms with Gasteiger partial charge in [0.2, 0.25) is 0 Å². The van der Waals surface area contributed by atoms with Crippen LogP contribution in [0.4, 0.5) is 11.5 Å². The first-order valence-corrected chi connectivity index (χ1v) is 9.54. The standard InChI is InChI=1S/C23H29N3O/c1-16-7-6-13-24-21(16)26-14-12-20(17(2)15-26)22(27)25-19-10-8-18(9-11-19)23(3,4)5/h6-13,17H,14-15H2,1-5H3,(H,25,27). The maximum absolute atomic E-state index is 12.8. The van der Waals surface area contributed by atoms with E-state index >= 15 is 0 Å². The normalized spacial score (nSPS) is 17.4. The van der Waals surface area contributed by atoms with Crippen molar-refractivity contribution in [2.75, 3.05) is 23.3 Å². The zero-order valence-corrected chi connectivity index (χ0v) is 16.9. The van der Waals surface area contributed by atoms with Gasteiger partial charge < -0.3 is 10.2 Å². The number of anilines is 2. The van der Waals surface area contributed by atoms with Crippen molar-refractivity contribution in [3.63, 3.8) is 0 Å². The molecule has 2 aromatic rings. The van der Waals surface area contributed by atoms with Gasteiger partial charge in [0.1, 0.15) is 5.82 Å². The van der Waals surface area contributed by atoms with Crippen molar-refractivity contribution >= 4 is 17.4 Å². The minimum atomic E-state index is -0.0107. The van der Waals surface area contributed by atoms with Crippen LogP contribution in [0.3, 0.4) is 0 Å². The van der Waals surface area contributed by atoms with E-state index in [-0.39, 0.29) is 17.2 Å². The summed E-state index contributed by atoms with van der Waals surface area (Å²) in [5, 5.41) is 3.05. The van der Waals surface area contributed by atoms with Crippen molar-refractivity contribution in [3.8, 4) is 0 Å². The molecule has 1 aliphatic rings. The molecule has 0 spiro atoms. The third-order valence-corrected chi connectivity index (χ3v) is 5.11. The second kappa shape index (κ2) is 7.55. The summed E-state index contributed by atoms with van der Waals surface area (Å²) in [5.74, 6) is 1.13. The highest BCUT2D eigenvalue weighted by atomic mass is 16.1. The largest absolute Gasteiger partial charge is 0.352 e. The number of carbonyl (C=O) groups is 1. The second-order valence-electron chi connectivity index (χ2n) is 8.39. The number of aromatic nitrogens is 1. The SMILES string of the molecule is Cc1cccnc1N1CC=C(C(=O)Nc2ccc(C(C)(C)C)cc2)C(C)C1. The molecule has 0 aliphatic carbocycles. The number of hydrogen-bond donors (Lipinski definition) is 1.